The molecule has 2 aromatic rings. The SMILES string of the molecule is C=CCO[C@](C)(C[C@@H](C)CO[Si](c1ccccc1)(c1ccccc1)C(C)(C)C)[C@H](O)[C@@H](C)C1=C(C)C(=O)OC(C)(C)O1. The Hall–Kier alpha value is -2.71. The maximum atomic E-state index is 12.5. The molecule has 6 nitrogen and oxygen atoms in total. The zero-order valence-electron chi connectivity index (χ0n) is 26.9. The molecule has 0 saturated carbocycles. The Kier molecular flexibility index (Phi) is 10.7. The van der Waals surface area contributed by atoms with E-state index >= 15 is 0 Å². The summed E-state index contributed by atoms with van der Waals surface area (Å²) in [6.45, 7) is 22.3. The number of aliphatic hydroxyl groups excluding tert-OH is 1. The molecule has 1 heterocycles. The summed E-state index contributed by atoms with van der Waals surface area (Å²) in [5, 5.41) is 14.1. The van der Waals surface area contributed by atoms with Crippen LogP contribution in [0.15, 0.2) is 84.7 Å². The van der Waals surface area contributed by atoms with E-state index in [0.29, 0.717) is 24.4 Å². The van der Waals surface area contributed by atoms with Crippen molar-refractivity contribution in [2.45, 2.75) is 91.3 Å². The monoisotopic (exact) mass is 594 g/mol. The molecule has 0 fully saturated rings. The van der Waals surface area contributed by atoms with E-state index < -0.39 is 37.7 Å². The topological polar surface area (TPSA) is 74.2 Å². The predicted molar refractivity (Wildman–Crippen MR) is 171 cm³/mol. The van der Waals surface area contributed by atoms with Gasteiger partial charge in [0.05, 0.1) is 23.9 Å². The average molecular weight is 595 g/mol. The van der Waals surface area contributed by atoms with Gasteiger partial charge in [0, 0.05) is 26.4 Å². The number of esters is 1. The molecule has 0 bridgehead atoms. The first-order valence-electron chi connectivity index (χ1n) is 14.9. The molecular formula is C35H50O6Si. The molecule has 1 N–H and O–H groups in total. The minimum Gasteiger partial charge on any atom is -0.456 e. The van der Waals surface area contributed by atoms with Crippen molar-refractivity contribution in [3.05, 3.63) is 84.7 Å². The molecule has 2 aromatic carbocycles. The fraction of sp³-hybridized carbons (Fsp3) is 0.514. The first kappa shape index (κ1) is 33.8. The van der Waals surface area contributed by atoms with Crippen LogP contribution in [0, 0.1) is 11.8 Å². The fourth-order valence-corrected chi connectivity index (χ4v) is 10.9. The van der Waals surface area contributed by atoms with Crippen LogP contribution in [0.1, 0.15) is 68.7 Å². The van der Waals surface area contributed by atoms with E-state index in [1.807, 2.05) is 26.0 Å². The Labute approximate surface area is 253 Å². The number of aliphatic hydroxyl groups is 1. The van der Waals surface area contributed by atoms with Gasteiger partial charge in [0.25, 0.3) is 8.32 Å². The zero-order chi connectivity index (χ0) is 31.3. The number of hydrogen-bond acceptors (Lipinski definition) is 6. The Morgan fingerprint density at radius 3 is 1.98 bits per heavy atom. The van der Waals surface area contributed by atoms with E-state index in [2.05, 4.69) is 82.8 Å². The average Bonchev–Trinajstić information content (AvgIpc) is 2.93. The second-order valence-electron chi connectivity index (χ2n) is 13.3. The maximum absolute atomic E-state index is 12.5. The van der Waals surface area contributed by atoms with Gasteiger partial charge in [-0.05, 0) is 41.6 Å². The third-order valence-electron chi connectivity index (χ3n) is 8.17. The molecule has 3 rings (SSSR count). The van der Waals surface area contributed by atoms with E-state index in [1.165, 1.54) is 10.4 Å². The van der Waals surface area contributed by atoms with Crippen LogP contribution >= 0.6 is 0 Å². The molecule has 0 unspecified atom stereocenters. The summed E-state index contributed by atoms with van der Waals surface area (Å²) in [4.78, 5) is 12.5. The summed E-state index contributed by atoms with van der Waals surface area (Å²) in [6, 6.07) is 21.1. The van der Waals surface area contributed by atoms with Crippen molar-refractivity contribution in [2.75, 3.05) is 13.2 Å². The number of carbonyl (C=O) groups excluding carboxylic acids is 1. The van der Waals surface area contributed by atoms with Crippen LogP contribution < -0.4 is 10.4 Å². The lowest BCUT2D eigenvalue weighted by Gasteiger charge is -2.45. The Morgan fingerprint density at radius 2 is 1.50 bits per heavy atom. The Balaban J connectivity index is 1.92. The third kappa shape index (κ3) is 7.25. The van der Waals surface area contributed by atoms with Gasteiger partial charge in [-0.1, -0.05) is 101 Å². The normalized spacial score (nSPS) is 19.2. The fourth-order valence-electron chi connectivity index (χ4n) is 6.16. The van der Waals surface area contributed by atoms with Gasteiger partial charge in [-0.15, -0.1) is 6.58 Å². The van der Waals surface area contributed by atoms with Crippen molar-refractivity contribution in [3.63, 3.8) is 0 Å². The second kappa shape index (κ2) is 13.3. The van der Waals surface area contributed by atoms with Crippen molar-refractivity contribution in [1.29, 1.82) is 0 Å². The molecule has 0 saturated heterocycles. The molecule has 0 spiro atoms. The molecule has 0 amide bonds. The standard InChI is InChI=1S/C35H50O6Si/c1-11-22-38-35(10,31(36)26(3)30-27(4)32(37)41-34(8,9)40-30)23-25(2)24-39-42(33(5,6)7,28-18-14-12-15-19-28)29-20-16-13-17-21-29/h11-21,25-26,31,36H,1,22-24H2,2-10H3/t25-,26+,31-,35-/m1/s1. The smallest absolute Gasteiger partial charge is 0.340 e. The molecule has 4 atom stereocenters. The van der Waals surface area contributed by atoms with Gasteiger partial charge in [0.15, 0.2) is 0 Å². The van der Waals surface area contributed by atoms with Crippen molar-refractivity contribution in [2.24, 2.45) is 11.8 Å². The third-order valence-corrected chi connectivity index (χ3v) is 13.2. The number of rotatable bonds is 13. The molecule has 0 aliphatic carbocycles. The first-order valence-corrected chi connectivity index (χ1v) is 16.8. The summed E-state index contributed by atoms with van der Waals surface area (Å²) >= 11 is 0. The summed E-state index contributed by atoms with van der Waals surface area (Å²) in [5.41, 5.74) is -0.612. The van der Waals surface area contributed by atoms with E-state index in [-0.39, 0.29) is 17.6 Å². The number of ether oxygens (including phenoxy) is 3. The van der Waals surface area contributed by atoms with Gasteiger partial charge in [-0.3, -0.25) is 0 Å². The number of cyclic esters (lactones) is 1. The van der Waals surface area contributed by atoms with Gasteiger partial charge >= 0.3 is 5.97 Å². The minimum absolute atomic E-state index is 0.0343. The molecular weight excluding hydrogens is 544 g/mol. The van der Waals surface area contributed by atoms with Crippen LogP contribution in [-0.2, 0) is 23.4 Å². The summed E-state index contributed by atoms with van der Waals surface area (Å²) in [7, 11) is -2.72. The van der Waals surface area contributed by atoms with Crippen LogP contribution in [0.25, 0.3) is 0 Å². The summed E-state index contributed by atoms with van der Waals surface area (Å²) < 4.78 is 24.9. The van der Waals surface area contributed by atoms with Crippen LogP contribution in [0.4, 0.5) is 0 Å². The van der Waals surface area contributed by atoms with Gasteiger partial charge in [-0.25, -0.2) is 4.79 Å². The Morgan fingerprint density at radius 1 is 0.976 bits per heavy atom. The molecule has 42 heavy (non-hydrogen) atoms. The highest BCUT2D eigenvalue weighted by Crippen LogP contribution is 2.40. The Bertz CT molecular complexity index is 1190. The van der Waals surface area contributed by atoms with E-state index in [1.54, 1.807) is 26.8 Å². The highest BCUT2D eigenvalue weighted by atomic mass is 28.4. The van der Waals surface area contributed by atoms with Gasteiger partial charge in [-0.2, -0.15) is 0 Å². The lowest BCUT2D eigenvalue weighted by molar-refractivity contribution is -0.216. The van der Waals surface area contributed by atoms with Crippen molar-refractivity contribution in [1.82, 2.24) is 0 Å². The van der Waals surface area contributed by atoms with Crippen LogP contribution in [0.3, 0.4) is 0 Å². The van der Waals surface area contributed by atoms with Crippen molar-refractivity contribution < 1.29 is 28.5 Å². The van der Waals surface area contributed by atoms with Gasteiger partial charge in [0.1, 0.15) is 5.76 Å². The largest absolute Gasteiger partial charge is 0.456 e. The molecule has 230 valence electrons. The highest BCUT2D eigenvalue weighted by molar-refractivity contribution is 6.99. The zero-order valence-corrected chi connectivity index (χ0v) is 27.9. The predicted octanol–water partition coefficient (Wildman–Crippen LogP) is 6.13. The maximum Gasteiger partial charge on any atom is 0.340 e. The number of hydrogen-bond donors (Lipinski definition) is 1. The number of carbonyl (C=O) groups is 1. The molecule has 1 aliphatic rings. The summed E-state index contributed by atoms with van der Waals surface area (Å²) in [6.07, 6.45) is 1.23. The molecule has 0 aromatic heterocycles. The van der Waals surface area contributed by atoms with Crippen LogP contribution in [-0.4, -0.2) is 50.1 Å². The van der Waals surface area contributed by atoms with Crippen LogP contribution in [0.2, 0.25) is 5.04 Å². The molecule has 1 aliphatic heterocycles. The van der Waals surface area contributed by atoms with Gasteiger partial charge < -0.3 is 23.7 Å². The second-order valence-corrected chi connectivity index (χ2v) is 17.6. The minimum atomic E-state index is -2.72. The van der Waals surface area contributed by atoms with Crippen molar-refractivity contribution in [3.8, 4) is 0 Å². The molecule has 0 radical (unpaired) electrons. The summed E-state index contributed by atoms with van der Waals surface area (Å²) in [5.74, 6) is -1.62. The lowest BCUT2D eigenvalue weighted by Crippen LogP contribution is -2.67. The van der Waals surface area contributed by atoms with E-state index in [4.69, 9.17) is 18.6 Å². The quantitative estimate of drug-likeness (QED) is 0.171. The first-order chi connectivity index (χ1) is 19.6. The number of benzene rings is 2. The van der Waals surface area contributed by atoms with Crippen LogP contribution in [0.5, 0.6) is 0 Å². The van der Waals surface area contributed by atoms with E-state index in [9.17, 15) is 9.90 Å². The van der Waals surface area contributed by atoms with Crippen molar-refractivity contribution >= 4 is 24.7 Å². The lowest BCUT2D eigenvalue weighted by atomic mass is 9.81. The van der Waals surface area contributed by atoms with Gasteiger partial charge in [0.2, 0.25) is 5.79 Å². The van der Waals surface area contributed by atoms with E-state index in [0.717, 1.165) is 0 Å². The molecule has 7 heteroatoms. The highest BCUT2D eigenvalue weighted by Gasteiger charge is 2.51.